The summed E-state index contributed by atoms with van der Waals surface area (Å²) in [4.78, 5) is 0. The molecule has 0 aromatic heterocycles. The number of anilines is 1. The van der Waals surface area contributed by atoms with Crippen LogP contribution in [0.15, 0.2) is 96.6 Å². The highest BCUT2D eigenvalue weighted by molar-refractivity contribution is 7.80. The molecule has 0 amide bonds. The molecule has 1 aliphatic rings. The summed E-state index contributed by atoms with van der Waals surface area (Å²) in [6, 6.07) is 24.7. The number of halogens is 1. The minimum atomic E-state index is -3.22. The van der Waals surface area contributed by atoms with Crippen molar-refractivity contribution in [3.8, 4) is 0 Å². The van der Waals surface area contributed by atoms with Crippen molar-refractivity contribution in [1.82, 2.24) is 10.6 Å². The molecule has 1 heterocycles. The molecule has 0 saturated carbocycles. The van der Waals surface area contributed by atoms with Crippen molar-refractivity contribution in [3.05, 3.63) is 114 Å². The lowest BCUT2D eigenvalue weighted by molar-refractivity contribution is 0.468. The first-order valence-corrected chi connectivity index (χ1v) is 11.7. The smallest absolute Gasteiger partial charge is 0.215 e. The number of hydrogen-bond donors (Lipinski definition) is 3. The van der Waals surface area contributed by atoms with E-state index >= 15 is 0 Å². The number of benzene rings is 3. The van der Waals surface area contributed by atoms with Crippen molar-refractivity contribution in [2.45, 2.75) is 0 Å². The normalized spacial score (nSPS) is 14.6. The van der Waals surface area contributed by atoms with E-state index in [4.69, 9.17) is 17.0 Å². The first-order chi connectivity index (χ1) is 15.0. The van der Waals surface area contributed by atoms with Crippen LogP contribution in [0.3, 0.4) is 0 Å². The van der Waals surface area contributed by atoms with Crippen molar-refractivity contribution in [1.29, 1.82) is 0 Å². The van der Waals surface area contributed by atoms with E-state index in [0.717, 1.165) is 11.1 Å². The van der Waals surface area contributed by atoms with Gasteiger partial charge >= 0.3 is 0 Å². The summed E-state index contributed by atoms with van der Waals surface area (Å²) in [7, 11) is -3.22. The molecule has 0 atom stereocenters. The number of rotatable bonds is 5. The van der Waals surface area contributed by atoms with Crippen LogP contribution < -0.4 is 15.9 Å². The average Bonchev–Trinajstić information content (AvgIpc) is 2.80. The summed E-state index contributed by atoms with van der Waals surface area (Å²) in [5, 5.41) is 5.93. The van der Waals surface area contributed by atoms with Crippen LogP contribution in [0.4, 0.5) is 10.1 Å². The van der Waals surface area contributed by atoms with Crippen LogP contribution in [-0.2, 0) is 9.30 Å². The van der Waals surface area contributed by atoms with Gasteiger partial charge in [-0.3, -0.25) is 9.99 Å². The van der Waals surface area contributed by atoms with E-state index in [1.165, 1.54) is 12.1 Å². The van der Waals surface area contributed by atoms with E-state index in [1.54, 1.807) is 23.8 Å². The van der Waals surface area contributed by atoms with Crippen molar-refractivity contribution < 1.29 is 13.7 Å². The third kappa shape index (κ3) is 5.47. The second-order valence-corrected chi connectivity index (χ2v) is 9.30. The maximum atomic E-state index is 13.7. The summed E-state index contributed by atoms with van der Waals surface area (Å²) in [6.45, 7) is 0. The average molecular weight is 451 g/mol. The molecule has 31 heavy (non-hydrogen) atoms. The van der Waals surface area contributed by atoms with Gasteiger partial charge in [0.05, 0.1) is 0 Å². The molecule has 0 aliphatic carbocycles. The highest BCUT2D eigenvalue weighted by Gasteiger charge is 2.27. The molecule has 8 heteroatoms. The van der Waals surface area contributed by atoms with Gasteiger partial charge in [-0.05, 0) is 36.5 Å². The van der Waals surface area contributed by atoms with Gasteiger partial charge in [0.15, 0.2) is 5.11 Å². The Balaban J connectivity index is 1.56. The van der Waals surface area contributed by atoms with Gasteiger partial charge in [-0.1, -0.05) is 60.7 Å². The predicted molar refractivity (Wildman–Crippen MR) is 126 cm³/mol. The topological polar surface area (TPSA) is 62.4 Å². The Morgan fingerprint density at radius 1 is 0.806 bits per heavy atom. The van der Waals surface area contributed by atoms with Gasteiger partial charge in [0.25, 0.3) is 0 Å². The first kappa shape index (κ1) is 21.0. The Morgan fingerprint density at radius 3 is 1.84 bits per heavy atom. The summed E-state index contributed by atoms with van der Waals surface area (Å²) in [6.07, 6.45) is 0. The van der Waals surface area contributed by atoms with Gasteiger partial charge < -0.3 is 10.1 Å². The fourth-order valence-electron chi connectivity index (χ4n) is 2.93. The lowest BCUT2D eigenvalue weighted by Crippen LogP contribution is -2.37. The largest absolute Gasteiger partial charge is 0.456 e. The molecule has 0 saturated heterocycles. The summed E-state index contributed by atoms with van der Waals surface area (Å²) >= 11 is 5.26. The van der Waals surface area contributed by atoms with E-state index in [9.17, 15) is 8.96 Å². The van der Waals surface area contributed by atoms with E-state index < -0.39 is 7.29 Å². The van der Waals surface area contributed by atoms with Crippen LogP contribution in [0.1, 0.15) is 11.1 Å². The Morgan fingerprint density at radius 2 is 1.32 bits per heavy atom. The summed E-state index contributed by atoms with van der Waals surface area (Å²) in [5.41, 5.74) is 4.98. The third-order valence-electron chi connectivity index (χ3n) is 4.40. The van der Waals surface area contributed by atoms with Gasteiger partial charge in [-0.2, -0.15) is 5.20 Å². The number of nitrogens with one attached hydrogen (secondary N) is 3. The Kier molecular flexibility index (Phi) is 6.28. The Labute approximate surface area is 185 Å². The quantitative estimate of drug-likeness (QED) is 0.254. The Bertz CT molecular complexity index is 1120. The lowest BCUT2D eigenvalue weighted by atomic mass is 10.2. The monoisotopic (exact) mass is 451 g/mol. The molecule has 0 unspecified atom stereocenters. The SMILES string of the molecule is O=P1(NNC(=S)Nc2ccc(F)cc2)C=C(c2ccccc2)OC(c2ccccc2)=C1. The van der Waals surface area contributed by atoms with Gasteiger partial charge in [-0.25, -0.2) is 4.39 Å². The summed E-state index contributed by atoms with van der Waals surface area (Å²) in [5.74, 6) is 3.74. The molecular weight excluding hydrogens is 432 g/mol. The molecule has 3 aromatic carbocycles. The van der Waals surface area contributed by atoms with Crippen LogP contribution >= 0.6 is 19.5 Å². The number of hydrazine groups is 1. The van der Waals surface area contributed by atoms with Crippen molar-refractivity contribution in [3.63, 3.8) is 0 Å². The standard InChI is InChI=1S/C23H19FN3O2PS/c24-19-11-13-20(14-12-19)25-23(31)26-27-30(28)15-21(17-7-3-1-4-8-17)29-22(16-30)18-9-5-2-6-10-18/h1-16H,(H,27,28)(H2,25,26,31). The second-order valence-electron chi connectivity index (χ2n) is 6.73. The molecule has 1 aliphatic heterocycles. The van der Waals surface area contributed by atoms with E-state index in [-0.39, 0.29) is 10.9 Å². The zero-order chi connectivity index (χ0) is 21.7. The number of thiocarbonyl (C=S) groups is 1. The lowest BCUT2D eigenvalue weighted by Gasteiger charge is -2.24. The van der Waals surface area contributed by atoms with Crippen molar-refractivity contribution in [2.75, 3.05) is 5.32 Å². The first-order valence-electron chi connectivity index (χ1n) is 9.44. The van der Waals surface area contributed by atoms with E-state index in [1.807, 2.05) is 60.7 Å². The van der Waals surface area contributed by atoms with Crippen molar-refractivity contribution >= 4 is 41.8 Å². The number of hydrogen-bond acceptors (Lipinski definition) is 3. The predicted octanol–water partition coefficient (Wildman–Crippen LogP) is 5.92. The van der Waals surface area contributed by atoms with E-state index in [2.05, 4.69) is 15.9 Å². The van der Waals surface area contributed by atoms with E-state index in [0.29, 0.717) is 17.2 Å². The maximum absolute atomic E-state index is 13.7. The molecule has 5 nitrogen and oxygen atoms in total. The zero-order valence-electron chi connectivity index (χ0n) is 16.3. The molecule has 156 valence electrons. The molecule has 4 rings (SSSR count). The molecule has 0 radical (unpaired) electrons. The Hall–Kier alpha value is -3.25. The summed E-state index contributed by atoms with van der Waals surface area (Å²) < 4.78 is 32.8. The molecule has 3 N–H and O–H groups in total. The maximum Gasteiger partial charge on any atom is 0.215 e. The fourth-order valence-corrected chi connectivity index (χ4v) is 4.76. The van der Waals surface area contributed by atoms with Crippen LogP contribution in [0.2, 0.25) is 0 Å². The molecule has 0 spiro atoms. The molecular formula is C23H19FN3O2PS. The van der Waals surface area contributed by atoms with Crippen molar-refractivity contribution in [2.24, 2.45) is 0 Å². The van der Waals surface area contributed by atoms with Gasteiger partial charge in [0, 0.05) is 28.4 Å². The minimum Gasteiger partial charge on any atom is -0.456 e. The third-order valence-corrected chi connectivity index (χ3v) is 6.30. The van der Waals surface area contributed by atoms with Crippen LogP contribution in [0, 0.1) is 5.82 Å². The van der Waals surface area contributed by atoms with Crippen LogP contribution in [-0.4, -0.2) is 5.11 Å². The van der Waals surface area contributed by atoms with Gasteiger partial charge in [0.2, 0.25) is 7.29 Å². The highest BCUT2D eigenvalue weighted by Crippen LogP contribution is 2.52. The zero-order valence-corrected chi connectivity index (χ0v) is 18.0. The van der Waals surface area contributed by atoms with Crippen LogP contribution in [0.5, 0.6) is 0 Å². The molecule has 0 fully saturated rings. The van der Waals surface area contributed by atoms with Gasteiger partial charge in [0.1, 0.15) is 17.3 Å². The fraction of sp³-hybridized carbons (Fsp3) is 0. The molecule has 3 aromatic rings. The minimum absolute atomic E-state index is 0.192. The second kappa shape index (κ2) is 9.27. The van der Waals surface area contributed by atoms with Gasteiger partial charge in [-0.15, -0.1) is 0 Å². The number of ether oxygens (including phenoxy) is 1. The van der Waals surface area contributed by atoms with Crippen LogP contribution in [0.25, 0.3) is 11.5 Å². The highest BCUT2D eigenvalue weighted by atomic mass is 32.1. The molecule has 0 bridgehead atoms.